The van der Waals surface area contributed by atoms with Gasteiger partial charge in [-0.15, -0.1) is 0 Å². The van der Waals surface area contributed by atoms with Gasteiger partial charge in [-0.3, -0.25) is 4.21 Å². The second-order valence-corrected chi connectivity index (χ2v) is 5.15. The zero-order valence-corrected chi connectivity index (χ0v) is 8.59. The van der Waals surface area contributed by atoms with Crippen LogP contribution < -0.4 is 0 Å². The van der Waals surface area contributed by atoms with Gasteiger partial charge in [0.1, 0.15) is 0 Å². The van der Waals surface area contributed by atoms with Gasteiger partial charge in [0.2, 0.25) is 0 Å². The van der Waals surface area contributed by atoms with E-state index in [1.165, 1.54) is 25.7 Å². The van der Waals surface area contributed by atoms with Crippen molar-refractivity contribution in [3.8, 4) is 0 Å². The number of hydrogen-bond acceptors (Lipinski definition) is 2. The third kappa shape index (κ3) is 2.11. The van der Waals surface area contributed by atoms with E-state index in [2.05, 4.69) is 0 Å². The molecule has 1 heterocycles. The first-order valence-electron chi connectivity index (χ1n) is 5.11. The van der Waals surface area contributed by atoms with Gasteiger partial charge in [-0.05, 0) is 24.7 Å². The molecule has 4 heteroatoms. The number of hydrogen-bond donors (Lipinski definition) is 0. The van der Waals surface area contributed by atoms with Crippen molar-refractivity contribution in [1.82, 2.24) is 4.31 Å². The second-order valence-electron chi connectivity index (χ2n) is 4.20. The van der Waals surface area contributed by atoms with Gasteiger partial charge in [-0.2, -0.15) is 0 Å². The number of fused-ring (bicyclic) bond motifs is 1. The Bertz CT molecular complexity index is 210. The van der Waals surface area contributed by atoms with Gasteiger partial charge < -0.3 is 4.55 Å². The van der Waals surface area contributed by atoms with Crippen molar-refractivity contribution >= 4 is 11.3 Å². The maximum absolute atomic E-state index is 10.8. The van der Waals surface area contributed by atoms with Crippen molar-refractivity contribution in [1.29, 1.82) is 0 Å². The van der Waals surface area contributed by atoms with Crippen LogP contribution in [0.25, 0.3) is 0 Å². The Labute approximate surface area is 81.9 Å². The molecule has 0 aromatic carbocycles. The van der Waals surface area contributed by atoms with E-state index in [4.69, 9.17) is 0 Å². The molecule has 0 radical (unpaired) electrons. The molecule has 3 atom stereocenters. The molecule has 0 amide bonds. The van der Waals surface area contributed by atoms with Crippen molar-refractivity contribution in [3.05, 3.63) is 0 Å². The third-order valence-corrected chi connectivity index (χ3v) is 4.22. The lowest BCUT2D eigenvalue weighted by molar-refractivity contribution is 0.135. The van der Waals surface area contributed by atoms with Gasteiger partial charge in [-0.25, -0.2) is 4.31 Å². The van der Waals surface area contributed by atoms with E-state index in [1.807, 2.05) is 0 Å². The van der Waals surface area contributed by atoms with Gasteiger partial charge in [0.15, 0.2) is 0 Å². The van der Waals surface area contributed by atoms with Crippen LogP contribution in [-0.2, 0) is 11.3 Å². The number of rotatable bonds is 1. The van der Waals surface area contributed by atoms with Crippen LogP contribution in [0, 0.1) is 11.8 Å². The summed E-state index contributed by atoms with van der Waals surface area (Å²) in [5, 5.41) is 0. The molecule has 3 nitrogen and oxygen atoms in total. The standard InChI is InChI=1S/C9H17NO2S/c11-13(12)10-6-5-8-3-1-2-4-9(8)7-10/h8-9H,1-7H2,(H,11,12)/p-1. The van der Waals surface area contributed by atoms with Crippen molar-refractivity contribution in [2.45, 2.75) is 32.1 Å². The average molecular weight is 202 g/mol. The average Bonchev–Trinajstić information content (AvgIpc) is 2.17. The molecule has 1 saturated heterocycles. The van der Waals surface area contributed by atoms with Crippen LogP contribution in [0.3, 0.4) is 0 Å². The van der Waals surface area contributed by atoms with E-state index in [0.717, 1.165) is 25.4 Å². The molecule has 0 bridgehead atoms. The Morgan fingerprint density at radius 2 is 1.85 bits per heavy atom. The molecular formula is C9H16NO2S-. The minimum Gasteiger partial charge on any atom is -0.760 e. The second kappa shape index (κ2) is 4.07. The summed E-state index contributed by atoms with van der Waals surface area (Å²) in [6, 6.07) is 0. The van der Waals surface area contributed by atoms with E-state index in [0.29, 0.717) is 5.92 Å². The predicted molar refractivity (Wildman–Crippen MR) is 50.6 cm³/mol. The molecule has 76 valence electrons. The summed E-state index contributed by atoms with van der Waals surface area (Å²) in [5.74, 6) is 1.47. The normalized spacial score (nSPS) is 38.2. The van der Waals surface area contributed by atoms with Gasteiger partial charge in [-0.1, -0.05) is 19.3 Å². The topological polar surface area (TPSA) is 43.4 Å². The Balaban J connectivity index is 1.95. The van der Waals surface area contributed by atoms with Gasteiger partial charge in [0.05, 0.1) is 0 Å². The van der Waals surface area contributed by atoms with Crippen molar-refractivity contribution in [3.63, 3.8) is 0 Å². The Morgan fingerprint density at radius 1 is 1.15 bits per heavy atom. The SMILES string of the molecule is O=S([O-])N1CCC2CCCCC2C1. The van der Waals surface area contributed by atoms with Crippen LogP contribution in [0.4, 0.5) is 0 Å². The summed E-state index contributed by atoms with van der Waals surface area (Å²) in [5.41, 5.74) is 0. The summed E-state index contributed by atoms with van der Waals surface area (Å²) in [4.78, 5) is 0. The smallest absolute Gasteiger partial charge is 0.0209 e. The van der Waals surface area contributed by atoms with Crippen molar-refractivity contribution in [2.24, 2.45) is 11.8 Å². The van der Waals surface area contributed by atoms with Crippen LogP contribution in [0.2, 0.25) is 0 Å². The highest BCUT2D eigenvalue weighted by molar-refractivity contribution is 7.76. The van der Waals surface area contributed by atoms with Crippen LogP contribution in [0.1, 0.15) is 32.1 Å². The quantitative estimate of drug-likeness (QED) is 0.601. The van der Waals surface area contributed by atoms with Gasteiger partial charge in [0.25, 0.3) is 0 Å². The largest absolute Gasteiger partial charge is 0.760 e. The number of piperidine rings is 1. The summed E-state index contributed by atoms with van der Waals surface area (Å²) >= 11 is -1.98. The van der Waals surface area contributed by atoms with E-state index in [-0.39, 0.29) is 0 Å². The molecule has 2 aliphatic rings. The highest BCUT2D eigenvalue weighted by Crippen LogP contribution is 2.36. The Morgan fingerprint density at radius 3 is 2.54 bits per heavy atom. The van der Waals surface area contributed by atoms with Crippen LogP contribution in [-0.4, -0.2) is 26.2 Å². The van der Waals surface area contributed by atoms with E-state index in [1.54, 1.807) is 4.31 Å². The molecule has 13 heavy (non-hydrogen) atoms. The molecule has 1 saturated carbocycles. The molecule has 3 unspecified atom stereocenters. The Kier molecular flexibility index (Phi) is 3.01. The van der Waals surface area contributed by atoms with Crippen LogP contribution in [0.15, 0.2) is 0 Å². The lowest BCUT2D eigenvalue weighted by Gasteiger charge is -2.41. The minimum absolute atomic E-state index is 0.653. The van der Waals surface area contributed by atoms with E-state index in [9.17, 15) is 8.76 Å². The number of nitrogens with zero attached hydrogens (tertiary/aromatic N) is 1. The summed E-state index contributed by atoms with van der Waals surface area (Å²) in [6.45, 7) is 1.53. The molecule has 1 aliphatic carbocycles. The zero-order chi connectivity index (χ0) is 9.26. The van der Waals surface area contributed by atoms with Crippen LogP contribution in [0.5, 0.6) is 0 Å². The lowest BCUT2D eigenvalue weighted by atomic mass is 9.76. The van der Waals surface area contributed by atoms with Gasteiger partial charge in [0, 0.05) is 24.4 Å². The molecular weight excluding hydrogens is 186 g/mol. The maximum Gasteiger partial charge on any atom is 0.0209 e. The highest BCUT2D eigenvalue weighted by Gasteiger charge is 2.31. The molecule has 0 N–H and O–H groups in total. The monoisotopic (exact) mass is 202 g/mol. The Hall–Kier alpha value is 0.0700. The molecule has 0 spiro atoms. The first-order valence-corrected chi connectivity index (χ1v) is 6.15. The fourth-order valence-corrected chi connectivity index (χ4v) is 3.27. The van der Waals surface area contributed by atoms with E-state index >= 15 is 0 Å². The predicted octanol–water partition coefficient (Wildman–Crippen LogP) is 1.29. The van der Waals surface area contributed by atoms with Crippen LogP contribution >= 0.6 is 0 Å². The first kappa shape index (κ1) is 9.62. The molecule has 0 aromatic rings. The van der Waals surface area contributed by atoms with Crippen molar-refractivity contribution in [2.75, 3.05) is 13.1 Å². The fourth-order valence-electron chi connectivity index (χ4n) is 2.70. The fraction of sp³-hybridized carbons (Fsp3) is 1.00. The molecule has 2 rings (SSSR count). The summed E-state index contributed by atoms with van der Waals surface area (Å²) in [6.07, 6.45) is 6.28. The van der Waals surface area contributed by atoms with Crippen molar-refractivity contribution < 1.29 is 8.76 Å². The molecule has 1 aliphatic heterocycles. The minimum atomic E-state index is -1.98. The highest BCUT2D eigenvalue weighted by atomic mass is 32.2. The maximum atomic E-state index is 10.8. The first-order chi connectivity index (χ1) is 6.27. The van der Waals surface area contributed by atoms with E-state index < -0.39 is 11.3 Å². The third-order valence-electron chi connectivity index (χ3n) is 3.46. The molecule has 2 fully saturated rings. The lowest BCUT2D eigenvalue weighted by Crippen LogP contribution is -2.42. The summed E-state index contributed by atoms with van der Waals surface area (Å²) in [7, 11) is 0. The zero-order valence-electron chi connectivity index (χ0n) is 7.78. The molecule has 0 aromatic heterocycles. The summed E-state index contributed by atoms with van der Waals surface area (Å²) < 4.78 is 23.1. The van der Waals surface area contributed by atoms with Gasteiger partial charge >= 0.3 is 0 Å².